The molecule has 1 amide bonds. The van der Waals surface area contributed by atoms with Crippen LogP contribution in [-0.2, 0) is 26.7 Å². The summed E-state index contributed by atoms with van der Waals surface area (Å²) >= 11 is 0. The van der Waals surface area contributed by atoms with Gasteiger partial charge in [0.05, 0.1) is 4.90 Å². The second-order valence-electron chi connectivity index (χ2n) is 6.62. The average Bonchev–Trinajstić information content (AvgIpc) is 2.96. The van der Waals surface area contributed by atoms with Gasteiger partial charge < -0.3 is 9.84 Å². The van der Waals surface area contributed by atoms with Crippen molar-refractivity contribution in [1.82, 2.24) is 14.9 Å². The van der Waals surface area contributed by atoms with E-state index >= 15 is 0 Å². The standard InChI is InChI=1S/C16H22N4O4S/c1-11(21)18-12-5-7-13(8-6-12)25(22,23)17-10-9-14-19-15(24-20-14)16(2,3)4/h5-8,17H,9-10H2,1-4H3,(H,18,21). The van der Waals surface area contributed by atoms with Gasteiger partial charge in [0.15, 0.2) is 5.82 Å². The largest absolute Gasteiger partial charge is 0.339 e. The molecular weight excluding hydrogens is 344 g/mol. The summed E-state index contributed by atoms with van der Waals surface area (Å²) in [5.74, 6) is 0.746. The molecule has 25 heavy (non-hydrogen) atoms. The van der Waals surface area contributed by atoms with Gasteiger partial charge in [-0.1, -0.05) is 25.9 Å². The van der Waals surface area contributed by atoms with Crippen molar-refractivity contribution < 1.29 is 17.7 Å². The number of nitrogens with one attached hydrogen (secondary N) is 2. The zero-order chi connectivity index (χ0) is 18.7. The molecule has 0 saturated heterocycles. The summed E-state index contributed by atoms with van der Waals surface area (Å²) in [7, 11) is -3.65. The Hall–Kier alpha value is -2.26. The minimum Gasteiger partial charge on any atom is -0.339 e. The molecule has 2 aromatic rings. The van der Waals surface area contributed by atoms with E-state index in [1.54, 1.807) is 0 Å². The van der Waals surface area contributed by atoms with Gasteiger partial charge in [0.25, 0.3) is 0 Å². The van der Waals surface area contributed by atoms with Crippen molar-refractivity contribution in [2.45, 2.75) is 44.4 Å². The summed E-state index contributed by atoms with van der Waals surface area (Å²) in [6.07, 6.45) is 0.322. The molecule has 0 aliphatic carbocycles. The molecule has 0 spiro atoms. The molecule has 1 aromatic carbocycles. The minimum atomic E-state index is -3.65. The van der Waals surface area contributed by atoms with Gasteiger partial charge >= 0.3 is 0 Å². The minimum absolute atomic E-state index is 0.116. The molecular formula is C16H22N4O4S. The Morgan fingerprint density at radius 3 is 2.36 bits per heavy atom. The highest BCUT2D eigenvalue weighted by Crippen LogP contribution is 2.19. The predicted molar refractivity (Wildman–Crippen MR) is 92.6 cm³/mol. The van der Waals surface area contributed by atoms with Gasteiger partial charge in [-0.05, 0) is 24.3 Å². The lowest BCUT2D eigenvalue weighted by molar-refractivity contribution is -0.114. The Bertz CT molecular complexity index is 836. The van der Waals surface area contributed by atoms with Crippen molar-refractivity contribution >= 4 is 21.6 Å². The monoisotopic (exact) mass is 366 g/mol. The third-order valence-corrected chi connectivity index (χ3v) is 4.71. The van der Waals surface area contributed by atoms with Crippen LogP contribution in [0.25, 0.3) is 0 Å². The number of anilines is 1. The van der Waals surface area contributed by atoms with Crippen molar-refractivity contribution in [3.8, 4) is 0 Å². The first-order chi connectivity index (χ1) is 11.6. The first-order valence-electron chi connectivity index (χ1n) is 7.78. The summed E-state index contributed by atoms with van der Waals surface area (Å²) in [4.78, 5) is 15.3. The van der Waals surface area contributed by atoms with Gasteiger partial charge in [-0.2, -0.15) is 4.98 Å². The van der Waals surface area contributed by atoms with E-state index < -0.39 is 10.0 Å². The van der Waals surface area contributed by atoms with E-state index in [2.05, 4.69) is 20.2 Å². The summed E-state index contributed by atoms with van der Waals surface area (Å²) in [5.41, 5.74) is 0.286. The molecule has 136 valence electrons. The number of rotatable bonds is 6. The smallest absolute Gasteiger partial charge is 0.240 e. The maximum atomic E-state index is 12.3. The van der Waals surface area contributed by atoms with Gasteiger partial charge in [0, 0.05) is 31.0 Å². The first kappa shape index (κ1) is 19.1. The molecule has 1 heterocycles. The molecule has 0 unspecified atom stereocenters. The van der Waals surface area contributed by atoms with Crippen molar-refractivity contribution in [2.24, 2.45) is 0 Å². The van der Waals surface area contributed by atoms with Crippen LogP contribution in [0.1, 0.15) is 39.4 Å². The number of carbonyl (C=O) groups is 1. The van der Waals surface area contributed by atoms with Crippen molar-refractivity contribution in [2.75, 3.05) is 11.9 Å². The molecule has 0 radical (unpaired) electrons. The number of hydrogen-bond donors (Lipinski definition) is 2. The Labute approximate surface area is 147 Å². The molecule has 0 bridgehead atoms. The van der Waals surface area contributed by atoms with E-state index in [4.69, 9.17) is 4.52 Å². The highest BCUT2D eigenvalue weighted by molar-refractivity contribution is 7.89. The topological polar surface area (TPSA) is 114 Å². The van der Waals surface area contributed by atoms with Gasteiger partial charge in [-0.15, -0.1) is 0 Å². The van der Waals surface area contributed by atoms with E-state index in [-0.39, 0.29) is 22.8 Å². The molecule has 0 aliphatic rings. The fraction of sp³-hybridized carbons (Fsp3) is 0.438. The molecule has 2 rings (SSSR count). The summed E-state index contributed by atoms with van der Waals surface area (Å²) in [5, 5.41) is 6.43. The summed E-state index contributed by atoms with van der Waals surface area (Å²) in [6, 6.07) is 5.93. The second kappa shape index (κ2) is 7.32. The maximum Gasteiger partial charge on any atom is 0.240 e. The first-order valence-corrected chi connectivity index (χ1v) is 9.26. The summed E-state index contributed by atoms with van der Waals surface area (Å²) < 4.78 is 32.2. The number of nitrogens with zero attached hydrogens (tertiary/aromatic N) is 2. The van der Waals surface area contributed by atoms with E-state index in [9.17, 15) is 13.2 Å². The number of sulfonamides is 1. The highest BCUT2D eigenvalue weighted by Gasteiger charge is 2.22. The lowest BCUT2D eigenvalue weighted by Gasteiger charge is -2.10. The van der Waals surface area contributed by atoms with Crippen LogP contribution in [0.2, 0.25) is 0 Å². The number of benzene rings is 1. The maximum absolute atomic E-state index is 12.3. The Morgan fingerprint density at radius 2 is 1.84 bits per heavy atom. The van der Waals surface area contributed by atoms with Crippen LogP contribution < -0.4 is 10.0 Å². The number of amides is 1. The molecule has 9 heteroatoms. The fourth-order valence-corrected chi connectivity index (χ4v) is 2.99. The van der Waals surface area contributed by atoms with E-state index in [1.807, 2.05) is 20.8 Å². The van der Waals surface area contributed by atoms with Gasteiger partial charge in [-0.3, -0.25) is 4.79 Å². The Morgan fingerprint density at radius 1 is 1.20 bits per heavy atom. The number of aromatic nitrogens is 2. The average molecular weight is 366 g/mol. The quantitative estimate of drug-likeness (QED) is 0.806. The Kier molecular flexibility index (Phi) is 5.58. The van der Waals surface area contributed by atoms with Crippen LogP contribution in [-0.4, -0.2) is 31.0 Å². The van der Waals surface area contributed by atoms with Crippen molar-refractivity contribution in [3.05, 3.63) is 36.0 Å². The van der Waals surface area contributed by atoms with Crippen LogP contribution in [0, 0.1) is 0 Å². The third-order valence-electron chi connectivity index (χ3n) is 3.24. The molecule has 0 saturated carbocycles. The molecule has 1 aromatic heterocycles. The molecule has 8 nitrogen and oxygen atoms in total. The van der Waals surface area contributed by atoms with Crippen LogP contribution >= 0.6 is 0 Å². The molecule has 0 atom stereocenters. The van der Waals surface area contributed by atoms with E-state index in [0.29, 0.717) is 23.8 Å². The normalized spacial score (nSPS) is 12.2. The number of carbonyl (C=O) groups excluding carboxylic acids is 1. The van der Waals surface area contributed by atoms with Crippen LogP contribution in [0.3, 0.4) is 0 Å². The molecule has 0 aliphatic heterocycles. The van der Waals surface area contributed by atoms with Crippen LogP contribution in [0.5, 0.6) is 0 Å². The SMILES string of the molecule is CC(=O)Nc1ccc(S(=O)(=O)NCCc2noc(C(C)(C)C)n2)cc1. The predicted octanol–water partition coefficient (Wildman–Crippen LogP) is 1.85. The van der Waals surface area contributed by atoms with Crippen molar-refractivity contribution in [3.63, 3.8) is 0 Å². The van der Waals surface area contributed by atoms with Crippen molar-refractivity contribution in [1.29, 1.82) is 0 Å². The Balaban J connectivity index is 1.95. The summed E-state index contributed by atoms with van der Waals surface area (Å²) in [6.45, 7) is 7.40. The molecule has 0 fully saturated rings. The van der Waals surface area contributed by atoms with E-state index in [1.165, 1.54) is 31.2 Å². The lowest BCUT2D eigenvalue weighted by Crippen LogP contribution is -2.26. The van der Waals surface area contributed by atoms with Crippen LogP contribution in [0.4, 0.5) is 5.69 Å². The second-order valence-corrected chi connectivity index (χ2v) is 8.39. The lowest BCUT2D eigenvalue weighted by atomic mass is 9.97. The third kappa shape index (κ3) is 5.36. The zero-order valence-corrected chi connectivity index (χ0v) is 15.5. The highest BCUT2D eigenvalue weighted by atomic mass is 32.2. The van der Waals surface area contributed by atoms with Crippen LogP contribution in [0.15, 0.2) is 33.7 Å². The number of hydrogen-bond acceptors (Lipinski definition) is 6. The van der Waals surface area contributed by atoms with Gasteiger partial charge in [0.1, 0.15) is 0 Å². The zero-order valence-electron chi connectivity index (χ0n) is 14.7. The molecule has 2 N–H and O–H groups in total. The van der Waals surface area contributed by atoms with E-state index in [0.717, 1.165) is 0 Å². The van der Waals surface area contributed by atoms with Gasteiger partial charge in [0.2, 0.25) is 21.8 Å². The van der Waals surface area contributed by atoms with Gasteiger partial charge in [-0.25, -0.2) is 13.1 Å². The fourth-order valence-electron chi connectivity index (χ4n) is 1.96.